The number of amides is 1. The van der Waals surface area contributed by atoms with Crippen LogP contribution in [0.4, 0.5) is 5.69 Å². The van der Waals surface area contributed by atoms with Crippen molar-refractivity contribution in [2.75, 3.05) is 5.32 Å². The van der Waals surface area contributed by atoms with Crippen LogP contribution in [0.15, 0.2) is 66.7 Å². The zero-order valence-electron chi connectivity index (χ0n) is 18.7. The van der Waals surface area contributed by atoms with Gasteiger partial charge in [0.1, 0.15) is 0 Å². The molecule has 0 fully saturated rings. The highest BCUT2D eigenvalue weighted by atomic mass is 16.2. The van der Waals surface area contributed by atoms with Gasteiger partial charge in [0, 0.05) is 11.3 Å². The van der Waals surface area contributed by atoms with E-state index in [4.69, 9.17) is 0 Å². The number of rotatable bonds is 4. The van der Waals surface area contributed by atoms with Crippen LogP contribution in [0.5, 0.6) is 0 Å². The Morgan fingerprint density at radius 1 is 0.742 bits per heavy atom. The first-order chi connectivity index (χ1) is 14.8. The first-order valence-electron chi connectivity index (χ1n) is 10.4. The number of hydrogen-bond donors (Lipinski definition) is 1. The van der Waals surface area contributed by atoms with Gasteiger partial charge < -0.3 is 5.32 Å². The van der Waals surface area contributed by atoms with E-state index in [0.717, 1.165) is 33.8 Å². The third-order valence-electron chi connectivity index (χ3n) is 5.48. The van der Waals surface area contributed by atoms with Crippen LogP contribution in [0.2, 0.25) is 0 Å². The number of nitrogens with one attached hydrogen (secondary N) is 1. The monoisotopic (exact) mass is 409 g/mol. The van der Waals surface area contributed by atoms with Crippen LogP contribution >= 0.6 is 0 Å². The molecular formula is C27H27N3O. The third kappa shape index (κ3) is 4.29. The predicted octanol–water partition coefficient (Wildman–Crippen LogP) is 6.33. The van der Waals surface area contributed by atoms with Crippen molar-refractivity contribution in [2.45, 2.75) is 34.6 Å². The molecule has 1 amide bonds. The van der Waals surface area contributed by atoms with E-state index in [1.54, 1.807) is 0 Å². The Labute approximate surface area is 183 Å². The van der Waals surface area contributed by atoms with Gasteiger partial charge in [-0.3, -0.25) is 4.79 Å². The second-order valence-corrected chi connectivity index (χ2v) is 8.26. The minimum absolute atomic E-state index is 0.214. The minimum atomic E-state index is -0.214. The van der Waals surface area contributed by atoms with E-state index < -0.39 is 0 Å². The van der Waals surface area contributed by atoms with E-state index in [-0.39, 0.29) is 5.91 Å². The lowest BCUT2D eigenvalue weighted by Gasteiger charge is -2.12. The number of hydrogen-bond acceptors (Lipinski definition) is 2. The molecule has 1 aromatic heterocycles. The Balaban J connectivity index is 1.76. The molecule has 0 unspecified atom stereocenters. The molecule has 0 saturated carbocycles. The van der Waals surface area contributed by atoms with Crippen LogP contribution in [-0.4, -0.2) is 15.7 Å². The smallest absolute Gasteiger partial charge is 0.276 e. The average molecular weight is 410 g/mol. The van der Waals surface area contributed by atoms with Gasteiger partial charge in [-0.15, -0.1) is 0 Å². The van der Waals surface area contributed by atoms with Crippen molar-refractivity contribution < 1.29 is 4.79 Å². The van der Waals surface area contributed by atoms with E-state index in [0.29, 0.717) is 5.69 Å². The lowest BCUT2D eigenvalue weighted by Crippen LogP contribution is -2.15. The maximum Gasteiger partial charge on any atom is 0.276 e. The molecule has 0 atom stereocenters. The SMILES string of the molecule is Cc1ccc(-c2cc(C(=O)Nc3c(C)cc(C)cc3C)nn2-c2ccc(C)cc2)cc1. The molecule has 0 aliphatic carbocycles. The highest BCUT2D eigenvalue weighted by Crippen LogP contribution is 2.27. The Hall–Kier alpha value is -3.66. The molecule has 156 valence electrons. The summed E-state index contributed by atoms with van der Waals surface area (Å²) in [4.78, 5) is 13.2. The summed E-state index contributed by atoms with van der Waals surface area (Å²) in [6.45, 7) is 10.2. The second kappa shape index (κ2) is 8.23. The fourth-order valence-corrected chi connectivity index (χ4v) is 3.86. The van der Waals surface area contributed by atoms with Crippen molar-refractivity contribution in [1.82, 2.24) is 9.78 Å². The molecule has 0 spiro atoms. The van der Waals surface area contributed by atoms with Gasteiger partial charge in [0.2, 0.25) is 0 Å². The van der Waals surface area contributed by atoms with E-state index in [9.17, 15) is 4.79 Å². The number of anilines is 1. The Morgan fingerprint density at radius 3 is 1.87 bits per heavy atom. The maximum absolute atomic E-state index is 13.2. The predicted molar refractivity (Wildman–Crippen MR) is 127 cm³/mol. The lowest BCUT2D eigenvalue weighted by atomic mass is 10.0. The number of carbonyl (C=O) groups is 1. The molecule has 3 aromatic carbocycles. The summed E-state index contributed by atoms with van der Waals surface area (Å²) >= 11 is 0. The van der Waals surface area contributed by atoms with Crippen LogP contribution in [-0.2, 0) is 0 Å². The number of nitrogens with zero attached hydrogens (tertiary/aromatic N) is 2. The summed E-state index contributed by atoms with van der Waals surface area (Å²) in [5.41, 5.74) is 9.68. The highest BCUT2D eigenvalue weighted by molar-refractivity contribution is 6.04. The van der Waals surface area contributed by atoms with Crippen molar-refractivity contribution in [3.63, 3.8) is 0 Å². The molecule has 4 heteroatoms. The first-order valence-corrected chi connectivity index (χ1v) is 10.4. The average Bonchev–Trinajstić information content (AvgIpc) is 3.17. The summed E-state index contributed by atoms with van der Waals surface area (Å²) in [5.74, 6) is -0.214. The minimum Gasteiger partial charge on any atom is -0.320 e. The van der Waals surface area contributed by atoms with Gasteiger partial charge in [0.15, 0.2) is 5.69 Å². The molecule has 4 aromatic rings. The van der Waals surface area contributed by atoms with Gasteiger partial charge in [-0.05, 0) is 63.9 Å². The van der Waals surface area contributed by atoms with Crippen LogP contribution in [0, 0.1) is 34.6 Å². The molecule has 0 aliphatic rings. The van der Waals surface area contributed by atoms with E-state index in [1.807, 2.05) is 36.7 Å². The van der Waals surface area contributed by atoms with Crippen molar-refractivity contribution >= 4 is 11.6 Å². The Bertz CT molecular complexity index is 1160. The molecule has 0 radical (unpaired) electrons. The van der Waals surface area contributed by atoms with Gasteiger partial charge in [-0.1, -0.05) is 65.2 Å². The quantitative estimate of drug-likeness (QED) is 0.428. The molecule has 0 bridgehead atoms. The summed E-state index contributed by atoms with van der Waals surface area (Å²) in [5, 5.41) is 7.76. The number of aryl methyl sites for hydroxylation is 5. The molecule has 4 rings (SSSR count). The maximum atomic E-state index is 13.2. The fraction of sp³-hybridized carbons (Fsp3) is 0.185. The number of benzene rings is 3. The molecule has 0 aliphatic heterocycles. The summed E-state index contributed by atoms with van der Waals surface area (Å²) < 4.78 is 1.84. The van der Waals surface area contributed by atoms with Crippen molar-refractivity contribution in [1.29, 1.82) is 0 Å². The van der Waals surface area contributed by atoms with Gasteiger partial charge in [0.05, 0.1) is 11.4 Å². The largest absolute Gasteiger partial charge is 0.320 e. The Kier molecular flexibility index (Phi) is 5.47. The topological polar surface area (TPSA) is 46.9 Å². The van der Waals surface area contributed by atoms with Crippen molar-refractivity contribution in [3.05, 3.63) is 100 Å². The van der Waals surface area contributed by atoms with E-state index in [2.05, 4.69) is 79.7 Å². The summed E-state index contributed by atoms with van der Waals surface area (Å²) in [7, 11) is 0. The lowest BCUT2D eigenvalue weighted by molar-refractivity contribution is 0.102. The van der Waals surface area contributed by atoms with Crippen LogP contribution in [0.3, 0.4) is 0 Å². The van der Waals surface area contributed by atoms with Crippen LogP contribution in [0.1, 0.15) is 38.3 Å². The van der Waals surface area contributed by atoms with E-state index >= 15 is 0 Å². The van der Waals surface area contributed by atoms with Crippen molar-refractivity contribution in [2.24, 2.45) is 0 Å². The second-order valence-electron chi connectivity index (χ2n) is 8.26. The molecule has 31 heavy (non-hydrogen) atoms. The molecule has 1 heterocycles. The summed E-state index contributed by atoms with van der Waals surface area (Å²) in [6.07, 6.45) is 0. The molecule has 4 nitrogen and oxygen atoms in total. The fourth-order valence-electron chi connectivity index (χ4n) is 3.86. The zero-order valence-corrected chi connectivity index (χ0v) is 18.7. The molecule has 0 saturated heterocycles. The van der Waals surface area contributed by atoms with Gasteiger partial charge in [-0.2, -0.15) is 5.10 Å². The van der Waals surface area contributed by atoms with Crippen molar-refractivity contribution in [3.8, 4) is 16.9 Å². The van der Waals surface area contributed by atoms with Gasteiger partial charge in [-0.25, -0.2) is 4.68 Å². The normalized spacial score (nSPS) is 10.9. The van der Waals surface area contributed by atoms with Gasteiger partial charge >= 0.3 is 0 Å². The standard InChI is InChI=1S/C27H27N3O/c1-17-6-10-22(11-7-17)25-16-24(29-30(25)23-12-8-18(2)9-13-23)27(31)28-26-20(4)14-19(3)15-21(26)5/h6-16H,1-5H3,(H,28,31). The molecule has 1 N–H and O–H groups in total. The first kappa shape index (κ1) is 20.6. The third-order valence-corrected chi connectivity index (χ3v) is 5.48. The van der Waals surface area contributed by atoms with Crippen LogP contribution < -0.4 is 5.32 Å². The highest BCUT2D eigenvalue weighted by Gasteiger charge is 2.18. The van der Waals surface area contributed by atoms with E-state index in [1.165, 1.54) is 16.7 Å². The summed E-state index contributed by atoms with van der Waals surface area (Å²) in [6, 6.07) is 22.4. The Morgan fingerprint density at radius 2 is 1.29 bits per heavy atom. The molecular weight excluding hydrogens is 382 g/mol. The zero-order chi connectivity index (χ0) is 22.1. The number of carbonyl (C=O) groups excluding carboxylic acids is 1. The van der Waals surface area contributed by atoms with Crippen LogP contribution in [0.25, 0.3) is 16.9 Å². The van der Waals surface area contributed by atoms with Gasteiger partial charge in [0.25, 0.3) is 5.91 Å². The number of aromatic nitrogens is 2.